The van der Waals surface area contributed by atoms with Gasteiger partial charge in [0, 0.05) is 43.7 Å². The summed E-state index contributed by atoms with van der Waals surface area (Å²) in [7, 11) is -0.140. The fourth-order valence-electron chi connectivity index (χ4n) is 5.61. The quantitative estimate of drug-likeness (QED) is 0.00953. The number of methoxy groups -OCH3 is 1. The number of carbonyl (C=O) groups is 2. The van der Waals surface area contributed by atoms with Gasteiger partial charge in [0.1, 0.15) is 29.3 Å². The molecule has 13 nitrogen and oxygen atoms in total. The minimum Gasteiger partial charge on any atom is -0.493 e. The maximum absolute atomic E-state index is 13.7. The van der Waals surface area contributed by atoms with Crippen LogP contribution in [0.2, 0.25) is 25.7 Å². The van der Waals surface area contributed by atoms with Crippen LogP contribution < -0.4 is 9.47 Å². The van der Waals surface area contributed by atoms with Crippen LogP contribution in [-0.2, 0) is 34.3 Å². The molecule has 3 unspecified atom stereocenters. The van der Waals surface area contributed by atoms with E-state index in [1.165, 1.54) is 7.11 Å². The Morgan fingerprint density at radius 2 is 1.87 bits per heavy atom. The summed E-state index contributed by atoms with van der Waals surface area (Å²) in [5, 5.41) is 3.54. The van der Waals surface area contributed by atoms with Crippen molar-refractivity contribution < 1.29 is 46.9 Å². The van der Waals surface area contributed by atoms with Crippen LogP contribution >= 0.6 is 20.0 Å². The van der Waals surface area contributed by atoms with Crippen LogP contribution in [0.5, 0.6) is 11.5 Å². The lowest BCUT2D eigenvalue weighted by molar-refractivity contribution is -0.153. The summed E-state index contributed by atoms with van der Waals surface area (Å²) in [4.78, 5) is 29.9. The van der Waals surface area contributed by atoms with E-state index >= 15 is 0 Å². The summed E-state index contributed by atoms with van der Waals surface area (Å²) >= 11 is 1.10. The van der Waals surface area contributed by atoms with Gasteiger partial charge >= 0.3 is 11.9 Å². The zero-order valence-electron chi connectivity index (χ0n) is 33.6. The van der Waals surface area contributed by atoms with Gasteiger partial charge in [-0.05, 0) is 89.8 Å². The lowest BCUT2D eigenvalue weighted by Gasteiger charge is -2.25. The molecule has 0 radical (unpaired) electrons. The molecule has 0 N–H and O–H groups in total. The minimum absolute atomic E-state index is 0.0600. The van der Waals surface area contributed by atoms with Gasteiger partial charge in [-0.3, -0.25) is 0 Å². The van der Waals surface area contributed by atoms with Gasteiger partial charge < -0.3 is 37.3 Å². The van der Waals surface area contributed by atoms with Crippen LogP contribution in [0.4, 0.5) is 0 Å². The molecule has 1 heterocycles. The van der Waals surface area contributed by atoms with Crippen molar-refractivity contribution in [3.8, 4) is 11.5 Å². The number of aryl methyl sites for hydroxylation is 1. The molecule has 16 heteroatoms. The van der Waals surface area contributed by atoms with Crippen molar-refractivity contribution in [2.75, 3.05) is 33.7 Å². The molecule has 0 amide bonds. The Balaban J connectivity index is 1.92. The van der Waals surface area contributed by atoms with E-state index in [-0.39, 0.29) is 58.3 Å². The third-order valence-electron chi connectivity index (χ3n) is 8.58. The van der Waals surface area contributed by atoms with Crippen molar-refractivity contribution in [2.45, 2.75) is 103 Å². The molecule has 298 valence electrons. The largest absolute Gasteiger partial charge is 0.493 e. The molecule has 54 heavy (non-hydrogen) atoms. The van der Waals surface area contributed by atoms with Gasteiger partial charge in [-0.1, -0.05) is 56.0 Å². The molecule has 1 aliphatic heterocycles. The number of azide groups is 1. The van der Waals surface area contributed by atoms with Gasteiger partial charge in [-0.25, -0.2) is 9.59 Å². The highest BCUT2D eigenvalue weighted by Gasteiger charge is 2.45. The second kappa shape index (κ2) is 22.4. The predicted molar refractivity (Wildman–Crippen MR) is 215 cm³/mol. The van der Waals surface area contributed by atoms with Crippen molar-refractivity contribution in [3.05, 3.63) is 81.7 Å². The van der Waals surface area contributed by atoms with Gasteiger partial charge in [0.25, 0.3) is 0 Å². The molecule has 0 aromatic heterocycles. The third kappa shape index (κ3) is 15.2. The van der Waals surface area contributed by atoms with Gasteiger partial charge in [0.15, 0.2) is 12.6 Å². The van der Waals surface area contributed by atoms with Gasteiger partial charge in [-0.2, -0.15) is 0 Å². The van der Waals surface area contributed by atoms with Crippen LogP contribution in [0, 0.1) is 5.92 Å². The van der Waals surface area contributed by atoms with Crippen molar-refractivity contribution in [1.29, 1.82) is 1.28 Å². The van der Waals surface area contributed by atoms with E-state index < -0.39 is 44.1 Å². The molecule has 3 rings (SSSR count). The van der Waals surface area contributed by atoms with E-state index in [9.17, 15) is 9.59 Å². The summed E-state index contributed by atoms with van der Waals surface area (Å²) in [6.07, 6.45) is 3.05. The first-order chi connectivity index (χ1) is 26.2. The lowest BCUT2D eigenvalue weighted by Crippen LogP contribution is -2.38. The Labute approximate surface area is 328 Å². The summed E-state index contributed by atoms with van der Waals surface area (Å²) in [5.74, 6) is -1.35. The number of rotatable bonds is 24. The topological polar surface area (TPSA) is 157 Å². The van der Waals surface area contributed by atoms with Gasteiger partial charge in [0.05, 0.1) is 38.8 Å². The maximum Gasteiger partial charge on any atom is 0.342 e. The van der Waals surface area contributed by atoms with E-state index in [2.05, 4.69) is 29.7 Å². The number of carbonyl (C=O) groups excluding carboxylic acids is 2. The van der Waals surface area contributed by atoms with Crippen LogP contribution in [0.25, 0.3) is 10.4 Å². The van der Waals surface area contributed by atoms with Crippen LogP contribution in [0.15, 0.2) is 59.7 Å². The molecule has 2 aromatic carbocycles. The Morgan fingerprint density at radius 1 is 1.11 bits per heavy atom. The van der Waals surface area contributed by atoms with Crippen molar-refractivity contribution >= 4 is 40.1 Å². The van der Waals surface area contributed by atoms with Crippen molar-refractivity contribution in [2.24, 2.45) is 11.0 Å². The normalized spacial score (nSPS) is 18.9. The molecule has 1 saturated heterocycles. The fourth-order valence-corrected chi connectivity index (χ4v) is 7.11. The monoisotopic (exact) mass is 807 g/mol. The maximum atomic E-state index is 13.7. The van der Waals surface area contributed by atoms with Crippen molar-refractivity contribution in [3.63, 3.8) is 0 Å². The Morgan fingerprint density at radius 3 is 2.56 bits per heavy atom. The number of hydrogen-bond donors (Lipinski definition) is 0. The fraction of sp³-hybridized carbons (Fsp3) is 0.579. The Hall–Kier alpha value is -3.13. The smallest absolute Gasteiger partial charge is 0.342 e. The molecule has 6 atom stereocenters. The summed E-state index contributed by atoms with van der Waals surface area (Å²) in [5.41, 5.74) is 10.0. The molecule has 0 spiro atoms. The van der Waals surface area contributed by atoms with E-state index in [0.717, 1.165) is 17.7 Å². The van der Waals surface area contributed by atoms with Gasteiger partial charge in [0.2, 0.25) is 0 Å². The highest BCUT2D eigenvalue weighted by atomic mass is 32.7. The van der Waals surface area contributed by atoms with E-state index in [1.54, 1.807) is 36.4 Å². The lowest BCUT2D eigenvalue weighted by atomic mass is 9.96. The predicted octanol–water partition coefficient (Wildman–Crippen LogP) is 8.96. The molecule has 2 aromatic rings. The second-order valence-corrected chi connectivity index (χ2v) is 21.1. The SMILES string of the molecule is [3H]PSO[C@@H](C)[C@H](C)/C=C\C(OC(=O)c1ccccc1)C1OC(C)(C)O[C@H]1CCCc1cc(OCCN=[N+]=[N-])cc(OCOC)c1C(=O)OCC[Si](C)(C)C. The van der Waals surface area contributed by atoms with Crippen molar-refractivity contribution in [1.82, 2.24) is 0 Å². The van der Waals surface area contributed by atoms with Gasteiger partial charge in [-0.15, -0.1) is 0 Å². The number of hydrogen-bond acceptors (Lipinski definition) is 12. The molecule has 0 aliphatic carbocycles. The number of nitrogens with zero attached hydrogens (tertiary/aromatic N) is 3. The molecule has 1 aliphatic rings. The van der Waals surface area contributed by atoms with E-state index in [1.807, 2.05) is 45.9 Å². The van der Waals surface area contributed by atoms with Crippen LogP contribution in [0.1, 0.15) is 66.8 Å². The number of benzene rings is 2. The average Bonchev–Trinajstić information content (AvgIpc) is 3.46. The first-order valence-corrected chi connectivity index (χ1v) is 23.7. The summed E-state index contributed by atoms with van der Waals surface area (Å²) in [6.45, 7) is 14.6. The summed E-state index contributed by atoms with van der Waals surface area (Å²) in [6, 6.07) is 13.0. The first kappa shape index (κ1) is 43.6. The van der Waals surface area contributed by atoms with E-state index in [0.29, 0.717) is 36.1 Å². The molecule has 0 saturated carbocycles. The second-order valence-electron chi connectivity index (χ2n) is 14.7. The molecule has 1 fully saturated rings. The minimum atomic E-state index is -1.48. The molecular weight excluding hydrogens is 750 g/mol. The molecule has 0 bridgehead atoms. The Kier molecular flexibility index (Phi) is 18.1. The Bertz CT molecular complexity index is 1600. The number of ether oxygens (including phenoxy) is 7. The zero-order chi connectivity index (χ0) is 40.4. The molecular formula is C38H56N3O10PSSi. The highest BCUT2D eigenvalue weighted by Crippen LogP contribution is 2.36. The third-order valence-corrected chi connectivity index (χ3v) is 11.0. The van der Waals surface area contributed by atoms with Crippen LogP contribution in [-0.4, -0.2) is 85.2 Å². The average molecular weight is 808 g/mol. The zero-order valence-corrected chi connectivity index (χ0v) is 35.4. The first-order valence-electron chi connectivity index (χ1n) is 18.6. The van der Waals surface area contributed by atoms with E-state index in [4.69, 9.17) is 44.2 Å². The summed E-state index contributed by atoms with van der Waals surface area (Å²) < 4.78 is 54.8. The standard InChI is InChI=1S/C38H56N3O10PSSi/c1-26(27(2)51-53-52)17-18-31(48-36(42)28-13-10-9-11-14-28)35-32(49-38(3,4)50-35)16-12-15-29-23-30(45-20-19-40-41-39)24-33(47-25-44-5)34(29)37(43)46-21-22-54(6,7)8/h9-11,13-14,17-18,23-24,26-27,31-32,35H,12,15-16,19-22,25,52H2,1-8H3/b18-17-/t26-,27+,31?,32+,35?/m1/s1/i52T/t26-,27+,31?,32+,35?,52?. The van der Waals surface area contributed by atoms with Crippen LogP contribution in [0.3, 0.4) is 0 Å². The highest BCUT2D eigenvalue weighted by molar-refractivity contribution is 8.40. The number of esters is 2.